The summed E-state index contributed by atoms with van der Waals surface area (Å²) < 4.78 is 28.1. The summed E-state index contributed by atoms with van der Waals surface area (Å²) in [5.74, 6) is -0.603. The minimum absolute atomic E-state index is 0.129. The van der Waals surface area contributed by atoms with Crippen molar-refractivity contribution in [2.45, 2.75) is 30.7 Å². The lowest BCUT2D eigenvalue weighted by molar-refractivity contribution is 0.591. The van der Waals surface area contributed by atoms with Gasteiger partial charge in [0.15, 0.2) is 5.16 Å². The molecule has 0 fully saturated rings. The number of halogens is 2. The second-order valence-electron chi connectivity index (χ2n) is 5.04. The van der Waals surface area contributed by atoms with Crippen molar-refractivity contribution in [3.63, 3.8) is 0 Å². The third-order valence-electron chi connectivity index (χ3n) is 3.07. The van der Waals surface area contributed by atoms with E-state index in [4.69, 9.17) is 0 Å². The Morgan fingerprint density at radius 1 is 1.29 bits per heavy atom. The fourth-order valence-electron chi connectivity index (χ4n) is 1.76. The first-order valence-corrected chi connectivity index (χ1v) is 7.51. The maximum Gasteiger partial charge on any atom is 0.254 e. The Morgan fingerprint density at radius 3 is 2.67 bits per heavy atom. The minimum Gasteiger partial charge on any atom is -0.291 e. The zero-order valence-corrected chi connectivity index (χ0v) is 12.9. The minimum atomic E-state index is -0.482. The summed E-state index contributed by atoms with van der Waals surface area (Å²) in [6.45, 7) is 3.89. The van der Waals surface area contributed by atoms with Gasteiger partial charge in [-0.1, -0.05) is 25.6 Å². The zero-order valence-electron chi connectivity index (χ0n) is 12.1. The number of nitrogens with zero attached hydrogens (tertiary/aromatic N) is 2. The Kier molecular flexibility index (Phi) is 4.77. The molecule has 0 aliphatic carbocycles. The highest BCUT2D eigenvalue weighted by Gasteiger charge is 2.11. The van der Waals surface area contributed by atoms with Crippen molar-refractivity contribution in [3.8, 4) is 0 Å². The second kappa shape index (κ2) is 6.39. The van der Waals surface area contributed by atoms with Crippen LogP contribution in [0, 0.1) is 11.6 Å². The van der Waals surface area contributed by atoms with Crippen LogP contribution in [0.4, 0.5) is 8.78 Å². The Morgan fingerprint density at radius 2 is 2.00 bits per heavy atom. The van der Waals surface area contributed by atoms with E-state index in [-0.39, 0.29) is 22.8 Å². The molecule has 112 valence electrons. The third-order valence-corrected chi connectivity index (χ3v) is 4.15. The maximum atomic E-state index is 13.6. The van der Waals surface area contributed by atoms with Gasteiger partial charge in [0, 0.05) is 24.4 Å². The molecule has 0 aliphatic rings. The maximum absolute atomic E-state index is 13.6. The Bertz CT molecular complexity index is 713. The van der Waals surface area contributed by atoms with Crippen LogP contribution in [0.2, 0.25) is 0 Å². The molecular weight excluding hydrogens is 294 g/mol. The number of rotatable bonds is 4. The van der Waals surface area contributed by atoms with Crippen LogP contribution >= 0.6 is 11.8 Å². The average Bonchev–Trinajstić information content (AvgIpc) is 2.43. The largest absolute Gasteiger partial charge is 0.291 e. The molecule has 1 heterocycles. The summed E-state index contributed by atoms with van der Waals surface area (Å²) in [5, 5.41) is 0.495. The molecular formula is C15H16F2N2OS. The Balaban J connectivity index is 2.27. The van der Waals surface area contributed by atoms with Crippen molar-refractivity contribution in [2.75, 3.05) is 0 Å². The van der Waals surface area contributed by atoms with Crippen LogP contribution in [-0.2, 0) is 12.8 Å². The summed E-state index contributed by atoms with van der Waals surface area (Å²) in [4.78, 5) is 16.3. The summed E-state index contributed by atoms with van der Waals surface area (Å²) >= 11 is 1.21. The van der Waals surface area contributed by atoms with E-state index in [9.17, 15) is 13.6 Å². The van der Waals surface area contributed by atoms with Gasteiger partial charge in [-0.3, -0.25) is 9.36 Å². The van der Waals surface area contributed by atoms with Gasteiger partial charge in [-0.25, -0.2) is 13.8 Å². The van der Waals surface area contributed by atoms with Crippen molar-refractivity contribution >= 4 is 11.8 Å². The lowest BCUT2D eigenvalue weighted by atomic mass is 10.1. The van der Waals surface area contributed by atoms with Crippen molar-refractivity contribution in [1.29, 1.82) is 0 Å². The van der Waals surface area contributed by atoms with E-state index in [2.05, 4.69) is 4.98 Å². The van der Waals surface area contributed by atoms with E-state index in [0.717, 1.165) is 18.2 Å². The molecule has 0 radical (unpaired) electrons. The van der Waals surface area contributed by atoms with E-state index < -0.39 is 11.6 Å². The molecule has 2 aromatic rings. The lowest BCUT2D eigenvalue weighted by Gasteiger charge is -2.11. The molecule has 6 heteroatoms. The van der Waals surface area contributed by atoms with E-state index >= 15 is 0 Å². The number of hydrogen-bond donors (Lipinski definition) is 0. The number of hydrogen-bond acceptors (Lipinski definition) is 3. The number of benzene rings is 1. The summed E-state index contributed by atoms with van der Waals surface area (Å²) in [7, 11) is 1.61. The first-order chi connectivity index (χ1) is 9.88. The molecule has 0 spiro atoms. The first-order valence-electron chi connectivity index (χ1n) is 6.53. The van der Waals surface area contributed by atoms with E-state index in [1.165, 1.54) is 22.4 Å². The summed E-state index contributed by atoms with van der Waals surface area (Å²) in [6.07, 6.45) is 0. The van der Waals surface area contributed by atoms with Gasteiger partial charge in [0.25, 0.3) is 5.56 Å². The van der Waals surface area contributed by atoms with Gasteiger partial charge in [0.2, 0.25) is 0 Å². The standard InChI is InChI=1S/C15H16F2N2OS/c1-9(2)13-7-14(20)19(3)15(18-13)21-8-10-6-11(16)4-5-12(10)17/h4-7,9H,8H2,1-3H3. The predicted molar refractivity (Wildman–Crippen MR) is 79.5 cm³/mol. The third kappa shape index (κ3) is 3.69. The molecule has 0 atom stereocenters. The number of thioether (sulfide) groups is 1. The predicted octanol–water partition coefficient (Wildman–Crippen LogP) is 3.47. The molecule has 1 aromatic carbocycles. The molecule has 0 aliphatic heterocycles. The monoisotopic (exact) mass is 310 g/mol. The molecule has 1 aromatic heterocycles. The fourth-order valence-corrected chi connectivity index (χ4v) is 2.72. The summed E-state index contributed by atoms with van der Waals surface area (Å²) in [6, 6.07) is 4.84. The van der Waals surface area contributed by atoms with E-state index in [0.29, 0.717) is 10.9 Å². The fraction of sp³-hybridized carbons (Fsp3) is 0.333. The molecule has 21 heavy (non-hydrogen) atoms. The van der Waals surface area contributed by atoms with Crippen molar-refractivity contribution < 1.29 is 8.78 Å². The van der Waals surface area contributed by atoms with Crippen LogP contribution in [0.15, 0.2) is 34.2 Å². The van der Waals surface area contributed by atoms with Crippen molar-refractivity contribution in [1.82, 2.24) is 9.55 Å². The lowest BCUT2D eigenvalue weighted by Crippen LogP contribution is -2.20. The van der Waals surface area contributed by atoms with Crippen LogP contribution in [0.1, 0.15) is 31.0 Å². The van der Waals surface area contributed by atoms with Crippen molar-refractivity contribution in [2.24, 2.45) is 7.05 Å². The first kappa shape index (κ1) is 15.7. The van der Waals surface area contributed by atoms with Crippen LogP contribution in [0.25, 0.3) is 0 Å². The van der Waals surface area contributed by atoms with Gasteiger partial charge >= 0.3 is 0 Å². The number of aromatic nitrogens is 2. The molecule has 2 rings (SSSR count). The van der Waals surface area contributed by atoms with Gasteiger partial charge in [-0.15, -0.1) is 0 Å². The van der Waals surface area contributed by atoms with Crippen LogP contribution < -0.4 is 5.56 Å². The zero-order chi connectivity index (χ0) is 15.6. The Hall–Kier alpha value is -1.69. The highest BCUT2D eigenvalue weighted by molar-refractivity contribution is 7.98. The van der Waals surface area contributed by atoms with Crippen LogP contribution in [0.3, 0.4) is 0 Å². The van der Waals surface area contributed by atoms with Gasteiger partial charge in [0.1, 0.15) is 11.6 Å². The smallest absolute Gasteiger partial charge is 0.254 e. The SMILES string of the molecule is CC(C)c1cc(=O)n(C)c(SCc2cc(F)ccc2F)n1. The molecule has 0 bridgehead atoms. The second-order valence-corrected chi connectivity index (χ2v) is 5.98. The topological polar surface area (TPSA) is 34.9 Å². The highest BCUT2D eigenvalue weighted by atomic mass is 32.2. The molecule has 3 nitrogen and oxygen atoms in total. The van der Waals surface area contributed by atoms with Crippen LogP contribution in [-0.4, -0.2) is 9.55 Å². The molecule has 0 amide bonds. The molecule has 0 saturated heterocycles. The normalized spacial score (nSPS) is 11.1. The van der Waals surface area contributed by atoms with Gasteiger partial charge < -0.3 is 0 Å². The van der Waals surface area contributed by atoms with Gasteiger partial charge in [-0.2, -0.15) is 0 Å². The molecule has 0 saturated carbocycles. The molecule has 0 N–H and O–H groups in total. The highest BCUT2D eigenvalue weighted by Crippen LogP contribution is 2.23. The quantitative estimate of drug-likeness (QED) is 0.640. The average molecular weight is 310 g/mol. The van der Waals surface area contributed by atoms with Crippen molar-refractivity contribution in [3.05, 3.63) is 57.5 Å². The Labute approximate surface area is 126 Å². The summed E-state index contributed by atoms with van der Waals surface area (Å²) in [5.41, 5.74) is 0.792. The molecule has 0 unspecified atom stereocenters. The van der Waals surface area contributed by atoms with E-state index in [1.807, 2.05) is 13.8 Å². The van der Waals surface area contributed by atoms with Gasteiger partial charge in [0.05, 0.1) is 5.69 Å². The van der Waals surface area contributed by atoms with Crippen LogP contribution in [0.5, 0.6) is 0 Å². The van der Waals surface area contributed by atoms with Gasteiger partial charge in [-0.05, 0) is 24.1 Å². The van der Waals surface area contributed by atoms with E-state index in [1.54, 1.807) is 7.05 Å².